The van der Waals surface area contributed by atoms with Crippen LogP contribution in [0.15, 0.2) is 47.8 Å². The van der Waals surface area contributed by atoms with Gasteiger partial charge in [-0.25, -0.2) is 9.48 Å². The predicted octanol–water partition coefficient (Wildman–Crippen LogP) is 3.72. The molecule has 1 aromatic heterocycles. The fraction of sp³-hybridized carbons (Fsp3) is 0.381. The van der Waals surface area contributed by atoms with Gasteiger partial charge in [0.05, 0.1) is 12.8 Å². The minimum Gasteiger partial charge on any atom is -0.462 e. The third-order valence-electron chi connectivity index (χ3n) is 5.11. The van der Waals surface area contributed by atoms with Crippen molar-refractivity contribution in [3.8, 4) is 0 Å². The average molecular weight is 365 g/mol. The number of hydrogen-bond donors (Lipinski definition) is 1. The first-order valence-electron chi connectivity index (χ1n) is 9.24. The molecule has 4 rings (SSSR count). The molecule has 6 heteroatoms. The maximum atomic E-state index is 13.1. The van der Waals surface area contributed by atoms with Gasteiger partial charge in [-0.2, -0.15) is 5.10 Å². The molecule has 1 aliphatic carbocycles. The van der Waals surface area contributed by atoms with Gasteiger partial charge in [0.1, 0.15) is 17.4 Å². The molecule has 1 unspecified atom stereocenters. The molecule has 2 heterocycles. The molecule has 0 fully saturated rings. The van der Waals surface area contributed by atoms with Gasteiger partial charge >= 0.3 is 5.97 Å². The highest BCUT2D eigenvalue weighted by Crippen LogP contribution is 2.46. The van der Waals surface area contributed by atoms with Crippen LogP contribution in [0.1, 0.15) is 55.6 Å². The minimum atomic E-state index is -0.413. The number of carbonyl (C=O) groups is 2. The van der Waals surface area contributed by atoms with Crippen molar-refractivity contribution >= 4 is 17.6 Å². The van der Waals surface area contributed by atoms with Crippen molar-refractivity contribution in [3.63, 3.8) is 0 Å². The molecule has 0 bridgehead atoms. The lowest BCUT2D eigenvalue weighted by atomic mass is 9.73. The summed E-state index contributed by atoms with van der Waals surface area (Å²) in [5.74, 6) is 0.302. The molecule has 27 heavy (non-hydrogen) atoms. The Kier molecular flexibility index (Phi) is 4.13. The molecule has 0 saturated heterocycles. The van der Waals surface area contributed by atoms with E-state index in [4.69, 9.17) is 4.74 Å². The first-order chi connectivity index (χ1) is 12.9. The molecule has 1 atom stereocenters. The number of hydrogen-bond acceptors (Lipinski definition) is 5. The normalized spacial score (nSPS) is 20.6. The second kappa shape index (κ2) is 6.37. The maximum Gasteiger partial charge on any atom is 0.343 e. The van der Waals surface area contributed by atoms with Crippen LogP contribution in [0.3, 0.4) is 0 Å². The van der Waals surface area contributed by atoms with E-state index in [0.29, 0.717) is 24.4 Å². The van der Waals surface area contributed by atoms with Gasteiger partial charge in [-0.1, -0.05) is 44.2 Å². The number of nitrogens with one attached hydrogen (secondary N) is 1. The molecule has 6 nitrogen and oxygen atoms in total. The molecule has 1 N–H and O–H groups in total. The summed E-state index contributed by atoms with van der Waals surface area (Å²) < 4.78 is 6.91. The highest BCUT2D eigenvalue weighted by molar-refractivity contribution is 6.01. The number of anilines is 1. The number of nitrogens with zero attached hydrogens (tertiary/aromatic N) is 2. The van der Waals surface area contributed by atoms with E-state index < -0.39 is 5.97 Å². The van der Waals surface area contributed by atoms with E-state index in [2.05, 4.69) is 24.3 Å². The van der Waals surface area contributed by atoms with Crippen molar-refractivity contribution < 1.29 is 14.3 Å². The van der Waals surface area contributed by atoms with Gasteiger partial charge in [0.15, 0.2) is 5.78 Å². The fourth-order valence-electron chi connectivity index (χ4n) is 4.01. The van der Waals surface area contributed by atoms with Crippen molar-refractivity contribution in [1.29, 1.82) is 0 Å². The number of rotatable bonds is 3. The van der Waals surface area contributed by atoms with Crippen LogP contribution in [0, 0.1) is 5.41 Å². The van der Waals surface area contributed by atoms with Crippen LogP contribution in [0.5, 0.6) is 0 Å². The highest BCUT2D eigenvalue weighted by atomic mass is 16.5. The number of aromatic nitrogens is 2. The molecule has 140 valence electrons. The van der Waals surface area contributed by atoms with Gasteiger partial charge in [0, 0.05) is 17.7 Å². The molecule has 0 amide bonds. The maximum absolute atomic E-state index is 13.1. The van der Waals surface area contributed by atoms with Gasteiger partial charge in [0.25, 0.3) is 0 Å². The zero-order chi connectivity index (χ0) is 19.2. The third kappa shape index (κ3) is 2.95. The number of benzene rings is 1. The lowest BCUT2D eigenvalue weighted by Crippen LogP contribution is -2.36. The topological polar surface area (TPSA) is 73.2 Å². The number of Topliss-reactive ketones (excluding diaryl/α,β-unsaturated/α-hetero) is 1. The van der Waals surface area contributed by atoms with Crippen molar-refractivity contribution in [2.75, 3.05) is 11.9 Å². The Balaban J connectivity index is 1.89. The van der Waals surface area contributed by atoms with E-state index in [9.17, 15) is 9.59 Å². The quantitative estimate of drug-likeness (QED) is 0.839. The van der Waals surface area contributed by atoms with Crippen molar-refractivity contribution in [2.24, 2.45) is 5.41 Å². The first-order valence-corrected chi connectivity index (χ1v) is 9.24. The zero-order valence-electron chi connectivity index (χ0n) is 15.8. The smallest absolute Gasteiger partial charge is 0.343 e. The Bertz CT molecular complexity index is 941. The molecule has 0 spiro atoms. The van der Waals surface area contributed by atoms with E-state index in [0.717, 1.165) is 23.3 Å². The lowest BCUT2D eigenvalue weighted by Gasteiger charge is -2.39. The second-order valence-corrected chi connectivity index (χ2v) is 7.84. The van der Waals surface area contributed by atoms with Crippen molar-refractivity contribution in [1.82, 2.24) is 9.78 Å². The van der Waals surface area contributed by atoms with E-state index in [1.54, 1.807) is 11.6 Å². The number of ketones is 1. The Morgan fingerprint density at radius 3 is 2.74 bits per heavy atom. The molecule has 0 saturated carbocycles. The Labute approximate surface area is 158 Å². The Morgan fingerprint density at radius 2 is 2.04 bits per heavy atom. The fourth-order valence-corrected chi connectivity index (χ4v) is 4.01. The van der Waals surface area contributed by atoms with Crippen LogP contribution in [0.4, 0.5) is 5.82 Å². The number of carbonyl (C=O) groups excluding carboxylic acids is 2. The molecule has 2 aliphatic rings. The standard InChI is InChI=1S/C21H23N3O3/c1-4-27-20(26)14-12-22-24-18(13-8-6-5-7-9-13)17-15(23-19(14)24)10-21(2,3)11-16(17)25/h5-9,12,18,23H,4,10-11H2,1-3H3. The van der Waals surface area contributed by atoms with Crippen LogP contribution in [-0.2, 0) is 9.53 Å². The number of ether oxygens (including phenoxy) is 1. The highest BCUT2D eigenvalue weighted by Gasteiger charge is 2.42. The third-order valence-corrected chi connectivity index (χ3v) is 5.11. The number of fused-ring (bicyclic) bond motifs is 1. The monoisotopic (exact) mass is 365 g/mol. The van der Waals surface area contributed by atoms with Gasteiger partial charge in [-0.3, -0.25) is 4.79 Å². The summed E-state index contributed by atoms with van der Waals surface area (Å²) >= 11 is 0. The van der Waals surface area contributed by atoms with Crippen LogP contribution >= 0.6 is 0 Å². The molecular weight excluding hydrogens is 342 g/mol. The lowest BCUT2D eigenvalue weighted by molar-refractivity contribution is -0.118. The summed E-state index contributed by atoms with van der Waals surface area (Å²) in [7, 11) is 0. The van der Waals surface area contributed by atoms with Gasteiger partial charge in [-0.05, 0) is 24.3 Å². The van der Waals surface area contributed by atoms with E-state index in [1.165, 1.54) is 6.20 Å². The summed E-state index contributed by atoms with van der Waals surface area (Å²) in [5, 5.41) is 7.78. The minimum absolute atomic E-state index is 0.126. The van der Waals surface area contributed by atoms with Crippen molar-refractivity contribution in [2.45, 2.75) is 39.7 Å². The van der Waals surface area contributed by atoms with Crippen molar-refractivity contribution in [3.05, 3.63) is 58.9 Å². The van der Waals surface area contributed by atoms with E-state index in [1.807, 2.05) is 30.3 Å². The van der Waals surface area contributed by atoms with Gasteiger partial charge in [-0.15, -0.1) is 0 Å². The number of esters is 1. The second-order valence-electron chi connectivity index (χ2n) is 7.84. The van der Waals surface area contributed by atoms with E-state index in [-0.39, 0.29) is 17.2 Å². The van der Waals surface area contributed by atoms with Gasteiger partial charge in [0.2, 0.25) is 0 Å². The number of allylic oxidation sites excluding steroid dienone is 2. The summed E-state index contributed by atoms with van der Waals surface area (Å²) in [6, 6.07) is 9.48. The molecule has 0 radical (unpaired) electrons. The van der Waals surface area contributed by atoms with Crippen LogP contribution in [-0.4, -0.2) is 28.1 Å². The molecule has 2 aromatic rings. The summed E-state index contributed by atoms with van der Waals surface area (Å²) in [6.07, 6.45) is 2.76. The summed E-state index contributed by atoms with van der Waals surface area (Å²) in [5.41, 5.74) is 2.85. The Hall–Kier alpha value is -2.89. The summed E-state index contributed by atoms with van der Waals surface area (Å²) in [4.78, 5) is 25.4. The Morgan fingerprint density at radius 1 is 1.30 bits per heavy atom. The first kappa shape index (κ1) is 17.5. The largest absolute Gasteiger partial charge is 0.462 e. The zero-order valence-corrected chi connectivity index (χ0v) is 15.8. The predicted molar refractivity (Wildman–Crippen MR) is 101 cm³/mol. The molecule has 1 aromatic carbocycles. The average Bonchev–Trinajstić information content (AvgIpc) is 3.03. The molecular formula is C21H23N3O3. The van der Waals surface area contributed by atoms with Crippen LogP contribution in [0.2, 0.25) is 0 Å². The summed E-state index contributed by atoms with van der Waals surface area (Å²) in [6.45, 7) is 6.25. The van der Waals surface area contributed by atoms with E-state index >= 15 is 0 Å². The van der Waals surface area contributed by atoms with Crippen LogP contribution < -0.4 is 5.32 Å². The van der Waals surface area contributed by atoms with Gasteiger partial charge < -0.3 is 10.1 Å². The molecule has 1 aliphatic heterocycles. The van der Waals surface area contributed by atoms with Crippen LogP contribution in [0.25, 0.3) is 0 Å². The SMILES string of the molecule is CCOC(=O)c1cnn2c1NC1=C(C(=O)CC(C)(C)C1)C2c1ccccc1.